The van der Waals surface area contributed by atoms with Crippen LogP contribution in [0.5, 0.6) is 0 Å². The zero-order valence-electron chi connectivity index (χ0n) is 18.4. The minimum Gasteiger partial charge on any atom is -0.356 e. The summed E-state index contributed by atoms with van der Waals surface area (Å²) in [5, 5.41) is 7.75. The number of piperidine rings is 1. The highest BCUT2D eigenvalue weighted by atomic mass is 16.1. The molecule has 0 bridgehead atoms. The highest BCUT2D eigenvalue weighted by Gasteiger charge is 2.17. The maximum atomic E-state index is 12.5. The Balaban J connectivity index is 1.56. The van der Waals surface area contributed by atoms with E-state index in [0.29, 0.717) is 18.9 Å². The number of hydrogen-bond donors (Lipinski definition) is 1. The van der Waals surface area contributed by atoms with Crippen molar-refractivity contribution < 1.29 is 4.79 Å². The molecule has 0 unspecified atom stereocenters. The van der Waals surface area contributed by atoms with Gasteiger partial charge in [0.05, 0.1) is 5.69 Å². The fraction of sp³-hybridized carbons (Fsp3) is 0.609. The maximum Gasteiger partial charge on any atom is 0.220 e. The Morgan fingerprint density at radius 1 is 1.21 bits per heavy atom. The molecule has 1 aliphatic heterocycles. The highest BCUT2D eigenvalue weighted by molar-refractivity contribution is 5.76. The van der Waals surface area contributed by atoms with Gasteiger partial charge < -0.3 is 10.2 Å². The minimum absolute atomic E-state index is 0.0776. The number of hydrogen-bond acceptors (Lipinski definition) is 4. The summed E-state index contributed by atoms with van der Waals surface area (Å²) in [6.45, 7) is 12.1. The number of carbonyl (C=O) groups excluding carboxylic acids is 1. The second-order valence-corrected chi connectivity index (χ2v) is 8.54. The van der Waals surface area contributed by atoms with E-state index in [-0.39, 0.29) is 5.91 Å². The number of nitrogens with zero attached hydrogens (tertiary/aromatic N) is 4. The van der Waals surface area contributed by atoms with Gasteiger partial charge in [-0.05, 0) is 57.1 Å². The highest BCUT2D eigenvalue weighted by Crippen LogP contribution is 2.21. The standard InChI is InChI=1S/C23H35N5O/c1-17(2)16-28-19(4)21(18(3)26-28)10-11-22(29)25-15-20-9-8-12-24-23(20)27-13-6-5-7-14-27/h8-9,12,17H,5-7,10-11,13-16H2,1-4H3,(H,25,29). The quantitative estimate of drug-likeness (QED) is 0.736. The summed E-state index contributed by atoms with van der Waals surface area (Å²) in [4.78, 5) is 19.4. The lowest BCUT2D eigenvalue weighted by molar-refractivity contribution is -0.121. The third-order valence-electron chi connectivity index (χ3n) is 5.67. The molecule has 2 aromatic rings. The number of nitrogens with one attached hydrogen (secondary N) is 1. The molecule has 0 radical (unpaired) electrons. The molecule has 3 heterocycles. The number of rotatable bonds is 8. The Morgan fingerprint density at radius 3 is 2.69 bits per heavy atom. The Labute approximate surface area is 174 Å². The summed E-state index contributed by atoms with van der Waals surface area (Å²) in [6, 6.07) is 4.02. The predicted molar refractivity (Wildman–Crippen MR) is 117 cm³/mol. The molecule has 6 nitrogen and oxygen atoms in total. The van der Waals surface area contributed by atoms with E-state index in [9.17, 15) is 4.79 Å². The smallest absolute Gasteiger partial charge is 0.220 e. The second-order valence-electron chi connectivity index (χ2n) is 8.54. The Kier molecular flexibility index (Phi) is 7.29. The van der Waals surface area contributed by atoms with E-state index in [0.717, 1.165) is 43.1 Å². The summed E-state index contributed by atoms with van der Waals surface area (Å²) in [7, 11) is 0. The largest absolute Gasteiger partial charge is 0.356 e. The van der Waals surface area contributed by atoms with Crippen molar-refractivity contribution in [3.63, 3.8) is 0 Å². The summed E-state index contributed by atoms with van der Waals surface area (Å²) < 4.78 is 2.08. The van der Waals surface area contributed by atoms with Crippen LogP contribution in [-0.4, -0.2) is 33.8 Å². The van der Waals surface area contributed by atoms with Gasteiger partial charge >= 0.3 is 0 Å². The van der Waals surface area contributed by atoms with E-state index in [4.69, 9.17) is 0 Å². The second kappa shape index (κ2) is 9.90. The van der Waals surface area contributed by atoms with Gasteiger partial charge in [-0.2, -0.15) is 5.10 Å². The fourth-order valence-corrected chi connectivity index (χ4v) is 4.10. The molecular formula is C23H35N5O. The van der Waals surface area contributed by atoms with E-state index >= 15 is 0 Å². The monoisotopic (exact) mass is 397 g/mol. The molecule has 2 aromatic heterocycles. The van der Waals surface area contributed by atoms with Crippen LogP contribution in [0.2, 0.25) is 0 Å². The fourth-order valence-electron chi connectivity index (χ4n) is 4.10. The van der Waals surface area contributed by atoms with Gasteiger partial charge in [-0.15, -0.1) is 0 Å². The van der Waals surface area contributed by atoms with Crippen LogP contribution in [0.15, 0.2) is 18.3 Å². The van der Waals surface area contributed by atoms with Crippen molar-refractivity contribution in [2.75, 3.05) is 18.0 Å². The molecule has 3 rings (SSSR count). The van der Waals surface area contributed by atoms with Crippen molar-refractivity contribution in [3.05, 3.63) is 40.8 Å². The van der Waals surface area contributed by atoms with Gasteiger partial charge in [0.15, 0.2) is 0 Å². The molecule has 0 atom stereocenters. The Hall–Kier alpha value is -2.37. The summed E-state index contributed by atoms with van der Waals surface area (Å²) in [5.41, 5.74) is 4.52. The first-order valence-electron chi connectivity index (χ1n) is 10.9. The molecule has 0 spiro atoms. The summed E-state index contributed by atoms with van der Waals surface area (Å²) in [6.07, 6.45) is 6.77. The molecule has 1 amide bonds. The van der Waals surface area contributed by atoms with Gasteiger partial charge in [-0.3, -0.25) is 9.48 Å². The van der Waals surface area contributed by atoms with Gasteiger partial charge in [0.25, 0.3) is 0 Å². The van der Waals surface area contributed by atoms with Crippen LogP contribution in [0.25, 0.3) is 0 Å². The van der Waals surface area contributed by atoms with Crippen LogP contribution in [0.3, 0.4) is 0 Å². The molecule has 1 saturated heterocycles. The third-order valence-corrected chi connectivity index (χ3v) is 5.67. The van der Waals surface area contributed by atoms with Crippen molar-refractivity contribution >= 4 is 11.7 Å². The summed E-state index contributed by atoms with van der Waals surface area (Å²) in [5.74, 6) is 1.65. The van der Waals surface area contributed by atoms with Gasteiger partial charge in [0, 0.05) is 50.1 Å². The van der Waals surface area contributed by atoms with Crippen LogP contribution < -0.4 is 10.2 Å². The lowest BCUT2D eigenvalue weighted by atomic mass is 10.1. The molecule has 1 fully saturated rings. The number of amides is 1. The molecule has 0 aromatic carbocycles. The van der Waals surface area contributed by atoms with Crippen LogP contribution in [0.4, 0.5) is 5.82 Å². The average molecular weight is 398 g/mol. The first kappa shape index (κ1) is 21.3. The normalized spacial score (nSPS) is 14.4. The molecule has 29 heavy (non-hydrogen) atoms. The van der Waals surface area contributed by atoms with Crippen molar-refractivity contribution in [1.29, 1.82) is 0 Å². The average Bonchev–Trinajstić information content (AvgIpc) is 2.97. The van der Waals surface area contributed by atoms with Crippen molar-refractivity contribution in [1.82, 2.24) is 20.1 Å². The molecule has 1 aliphatic rings. The number of carbonyl (C=O) groups is 1. The topological polar surface area (TPSA) is 63.1 Å². The molecule has 0 aliphatic carbocycles. The van der Waals surface area contributed by atoms with E-state index in [1.807, 2.05) is 19.2 Å². The van der Waals surface area contributed by atoms with E-state index < -0.39 is 0 Å². The van der Waals surface area contributed by atoms with Crippen LogP contribution in [0.1, 0.15) is 62.0 Å². The first-order valence-corrected chi connectivity index (χ1v) is 10.9. The van der Waals surface area contributed by atoms with Gasteiger partial charge in [0.2, 0.25) is 5.91 Å². The van der Waals surface area contributed by atoms with Crippen molar-refractivity contribution in [3.8, 4) is 0 Å². The minimum atomic E-state index is 0.0776. The number of aromatic nitrogens is 3. The third kappa shape index (κ3) is 5.58. The van der Waals surface area contributed by atoms with Gasteiger partial charge in [0.1, 0.15) is 5.82 Å². The number of pyridine rings is 1. The maximum absolute atomic E-state index is 12.5. The van der Waals surface area contributed by atoms with Gasteiger partial charge in [-0.25, -0.2) is 4.98 Å². The zero-order chi connectivity index (χ0) is 20.8. The van der Waals surface area contributed by atoms with Crippen LogP contribution in [-0.2, 0) is 24.3 Å². The van der Waals surface area contributed by atoms with Gasteiger partial charge in [-0.1, -0.05) is 19.9 Å². The van der Waals surface area contributed by atoms with Crippen molar-refractivity contribution in [2.45, 2.75) is 72.9 Å². The summed E-state index contributed by atoms with van der Waals surface area (Å²) >= 11 is 0. The molecular weight excluding hydrogens is 362 g/mol. The molecule has 6 heteroatoms. The van der Waals surface area contributed by atoms with E-state index in [1.165, 1.54) is 30.5 Å². The SMILES string of the molecule is Cc1nn(CC(C)C)c(C)c1CCC(=O)NCc1cccnc1N1CCCCC1. The van der Waals surface area contributed by atoms with Crippen LogP contribution >= 0.6 is 0 Å². The Bertz CT molecular complexity index is 821. The van der Waals surface area contributed by atoms with Crippen molar-refractivity contribution in [2.24, 2.45) is 5.92 Å². The first-order chi connectivity index (χ1) is 14.0. The van der Waals surface area contributed by atoms with E-state index in [1.54, 1.807) is 0 Å². The lowest BCUT2D eigenvalue weighted by Crippen LogP contribution is -2.32. The molecule has 1 N–H and O–H groups in total. The Morgan fingerprint density at radius 2 is 1.97 bits per heavy atom. The molecule has 158 valence electrons. The number of aryl methyl sites for hydroxylation is 1. The number of anilines is 1. The molecule has 0 saturated carbocycles. The van der Waals surface area contributed by atoms with Crippen LogP contribution in [0, 0.1) is 19.8 Å². The predicted octanol–water partition coefficient (Wildman–Crippen LogP) is 3.79. The lowest BCUT2D eigenvalue weighted by Gasteiger charge is -2.29. The van der Waals surface area contributed by atoms with E-state index in [2.05, 4.69) is 51.8 Å². The zero-order valence-corrected chi connectivity index (χ0v) is 18.4.